The lowest BCUT2D eigenvalue weighted by atomic mass is 9.77. The number of hydrogen-bond donors (Lipinski definition) is 1. The lowest BCUT2D eigenvalue weighted by molar-refractivity contribution is -0.134. The van der Waals surface area contributed by atoms with Crippen molar-refractivity contribution in [3.63, 3.8) is 0 Å². The third-order valence-corrected chi connectivity index (χ3v) is 5.78. The molecule has 1 saturated heterocycles. The molecule has 25 heavy (non-hydrogen) atoms. The van der Waals surface area contributed by atoms with E-state index in [1.54, 1.807) is 0 Å². The van der Waals surface area contributed by atoms with E-state index in [1.807, 2.05) is 35.0 Å². The number of hydrogen-bond acceptors (Lipinski definition) is 3. The normalized spacial score (nSPS) is 20.7. The molecule has 2 fully saturated rings. The van der Waals surface area contributed by atoms with Crippen LogP contribution in [0.2, 0.25) is 0 Å². The summed E-state index contributed by atoms with van der Waals surface area (Å²) in [5.41, 5.74) is 3.68. The van der Waals surface area contributed by atoms with Gasteiger partial charge in [-0.25, -0.2) is 9.48 Å². The van der Waals surface area contributed by atoms with Crippen LogP contribution in [0, 0.1) is 0 Å². The van der Waals surface area contributed by atoms with Crippen molar-refractivity contribution in [2.75, 3.05) is 0 Å². The molecular formula is C19H20N4O2. The third-order valence-electron chi connectivity index (χ3n) is 5.78. The number of carbonyl (C=O) groups is 2. The van der Waals surface area contributed by atoms with Gasteiger partial charge in [0.25, 0.3) is 5.91 Å². The molecule has 1 spiro atoms. The molecule has 1 aromatic heterocycles. The second-order valence-electron chi connectivity index (χ2n) is 7.23. The Bertz CT molecular complexity index is 867. The van der Waals surface area contributed by atoms with Gasteiger partial charge in [0.1, 0.15) is 5.54 Å². The first-order chi connectivity index (χ1) is 12.2. The molecule has 1 N–H and O–H groups in total. The first-order valence-electron chi connectivity index (χ1n) is 8.97. The Morgan fingerprint density at radius 3 is 2.56 bits per heavy atom. The summed E-state index contributed by atoms with van der Waals surface area (Å²) in [5, 5.41) is 7.66. The summed E-state index contributed by atoms with van der Waals surface area (Å²) >= 11 is 0. The van der Waals surface area contributed by atoms with E-state index in [0.29, 0.717) is 0 Å². The highest BCUT2D eigenvalue weighted by Gasteiger charge is 2.54. The van der Waals surface area contributed by atoms with Crippen molar-refractivity contribution in [3.8, 4) is 5.69 Å². The summed E-state index contributed by atoms with van der Waals surface area (Å²) in [7, 11) is 0. The highest BCUT2D eigenvalue weighted by atomic mass is 16.2. The lowest BCUT2D eigenvalue weighted by Crippen LogP contribution is -2.52. The maximum absolute atomic E-state index is 12.7. The summed E-state index contributed by atoms with van der Waals surface area (Å²) in [6, 6.07) is 9.77. The minimum absolute atomic E-state index is 0.0789. The van der Waals surface area contributed by atoms with E-state index < -0.39 is 5.54 Å². The van der Waals surface area contributed by atoms with Gasteiger partial charge in [0, 0.05) is 5.69 Å². The standard InChI is InChI=1S/C19H20N4O2/c24-17-19(10-5-11-19)20-18(25)22(17)12-15-14-8-4-9-16(14)23(21-15)13-6-2-1-3-7-13/h1-3,6-7H,4-5,8-12H2,(H,20,25). The Hall–Kier alpha value is -2.63. The first-order valence-corrected chi connectivity index (χ1v) is 8.97. The second kappa shape index (κ2) is 5.18. The Morgan fingerprint density at radius 2 is 1.88 bits per heavy atom. The van der Waals surface area contributed by atoms with E-state index in [1.165, 1.54) is 16.2 Å². The Morgan fingerprint density at radius 1 is 1.08 bits per heavy atom. The largest absolute Gasteiger partial charge is 0.325 e. The number of amides is 3. The molecule has 0 radical (unpaired) electrons. The minimum Gasteiger partial charge on any atom is -0.323 e. The summed E-state index contributed by atoms with van der Waals surface area (Å²) in [6.45, 7) is 0.272. The number of fused-ring (bicyclic) bond motifs is 1. The number of carbonyl (C=O) groups excluding carboxylic acids is 2. The zero-order valence-corrected chi connectivity index (χ0v) is 14.0. The highest BCUT2D eigenvalue weighted by Crippen LogP contribution is 2.38. The molecule has 0 bridgehead atoms. The van der Waals surface area contributed by atoms with Crippen molar-refractivity contribution in [2.24, 2.45) is 0 Å². The SMILES string of the molecule is O=C1NC2(CCC2)C(=O)N1Cc1nn(-c2ccccc2)c2c1CCC2. The molecule has 6 heteroatoms. The number of nitrogens with zero attached hydrogens (tertiary/aromatic N) is 3. The van der Waals surface area contributed by atoms with Gasteiger partial charge in [0.15, 0.2) is 0 Å². The van der Waals surface area contributed by atoms with Gasteiger partial charge < -0.3 is 5.32 Å². The molecule has 2 aromatic rings. The molecule has 1 aromatic carbocycles. The highest BCUT2D eigenvalue weighted by molar-refractivity contribution is 6.07. The number of imide groups is 1. The van der Waals surface area contributed by atoms with Gasteiger partial charge in [-0.05, 0) is 56.2 Å². The molecule has 2 heterocycles. The van der Waals surface area contributed by atoms with E-state index in [0.717, 1.165) is 49.9 Å². The molecule has 6 nitrogen and oxygen atoms in total. The predicted molar refractivity (Wildman–Crippen MR) is 91.3 cm³/mol. The van der Waals surface area contributed by atoms with Gasteiger partial charge in [-0.1, -0.05) is 18.2 Å². The van der Waals surface area contributed by atoms with E-state index in [9.17, 15) is 9.59 Å². The van der Waals surface area contributed by atoms with Crippen LogP contribution in [-0.4, -0.2) is 32.2 Å². The number of para-hydroxylation sites is 1. The summed E-state index contributed by atoms with van der Waals surface area (Å²) in [6.07, 6.45) is 5.55. The van der Waals surface area contributed by atoms with Gasteiger partial charge >= 0.3 is 6.03 Å². The zero-order chi connectivity index (χ0) is 17.0. The molecule has 3 amide bonds. The van der Waals surface area contributed by atoms with Crippen LogP contribution in [-0.2, 0) is 24.2 Å². The van der Waals surface area contributed by atoms with E-state index in [4.69, 9.17) is 5.10 Å². The van der Waals surface area contributed by atoms with Crippen molar-refractivity contribution < 1.29 is 9.59 Å². The predicted octanol–water partition coefficient (Wildman–Crippen LogP) is 2.34. The Kier molecular flexibility index (Phi) is 3.04. The lowest BCUT2D eigenvalue weighted by Gasteiger charge is -2.34. The van der Waals surface area contributed by atoms with Crippen molar-refractivity contribution in [3.05, 3.63) is 47.3 Å². The number of rotatable bonds is 3. The molecule has 5 rings (SSSR count). The number of nitrogens with one attached hydrogen (secondary N) is 1. The van der Waals surface area contributed by atoms with Crippen molar-refractivity contribution in [2.45, 2.75) is 50.6 Å². The molecule has 0 unspecified atom stereocenters. The smallest absolute Gasteiger partial charge is 0.323 e. The molecule has 3 aliphatic rings. The quantitative estimate of drug-likeness (QED) is 0.875. The number of benzene rings is 1. The summed E-state index contributed by atoms with van der Waals surface area (Å²) in [5.74, 6) is -0.0789. The van der Waals surface area contributed by atoms with Crippen molar-refractivity contribution in [1.82, 2.24) is 20.0 Å². The van der Waals surface area contributed by atoms with Crippen LogP contribution >= 0.6 is 0 Å². The van der Waals surface area contributed by atoms with E-state index in [-0.39, 0.29) is 18.5 Å². The first kappa shape index (κ1) is 14.7. The van der Waals surface area contributed by atoms with Crippen LogP contribution in [0.25, 0.3) is 5.69 Å². The van der Waals surface area contributed by atoms with Gasteiger partial charge in [-0.3, -0.25) is 9.69 Å². The van der Waals surface area contributed by atoms with Crippen molar-refractivity contribution in [1.29, 1.82) is 0 Å². The Balaban J connectivity index is 1.49. The molecular weight excluding hydrogens is 316 g/mol. The third kappa shape index (κ3) is 2.06. The van der Waals surface area contributed by atoms with Crippen LogP contribution in [0.3, 0.4) is 0 Å². The maximum atomic E-state index is 12.7. The second-order valence-corrected chi connectivity index (χ2v) is 7.23. The van der Waals surface area contributed by atoms with Crippen LogP contribution in [0.5, 0.6) is 0 Å². The number of aromatic nitrogens is 2. The van der Waals surface area contributed by atoms with Gasteiger partial charge in [-0.15, -0.1) is 0 Å². The molecule has 128 valence electrons. The van der Waals surface area contributed by atoms with Gasteiger partial charge in [0.05, 0.1) is 17.9 Å². The zero-order valence-electron chi connectivity index (χ0n) is 14.0. The van der Waals surface area contributed by atoms with Crippen LogP contribution in [0.4, 0.5) is 4.79 Å². The Labute approximate surface area is 145 Å². The molecule has 2 aliphatic carbocycles. The number of urea groups is 1. The molecule has 1 aliphatic heterocycles. The average molecular weight is 336 g/mol. The van der Waals surface area contributed by atoms with Gasteiger partial charge in [-0.2, -0.15) is 5.10 Å². The average Bonchev–Trinajstić information content (AvgIpc) is 3.25. The van der Waals surface area contributed by atoms with E-state index >= 15 is 0 Å². The molecule has 1 saturated carbocycles. The molecule has 0 atom stereocenters. The van der Waals surface area contributed by atoms with Crippen LogP contribution in [0.1, 0.15) is 42.6 Å². The fourth-order valence-corrected chi connectivity index (χ4v) is 4.26. The topological polar surface area (TPSA) is 67.2 Å². The van der Waals surface area contributed by atoms with Gasteiger partial charge in [0.2, 0.25) is 0 Å². The summed E-state index contributed by atoms with van der Waals surface area (Å²) < 4.78 is 1.98. The summed E-state index contributed by atoms with van der Waals surface area (Å²) in [4.78, 5) is 26.4. The van der Waals surface area contributed by atoms with Crippen LogP contribution < -0.4 is 5.32 Å². The monoisotopic (exact) mass is 336 g/mol. The maximum Gasteiger partial charge on any atom is 0.325 e. The minimum atomic E-state index is -0.623. The fraction of sp³-hybridized carbons (Fsp3) is 0.421. The van der Waals surface area contributed by atoms with Crippen molar-refractivity contribution >= 4 is 11.9 Å². The van der Waals surface area contributed by atoms with Crippen LogP contribution in [0.15, 0.2) is 30.3 Å². The van der Waals surface area contributed by atoms with E-state index in [2.05, 4.69) is 5.32 Å². The fourth-order valence-electron chi connectivity index (χ4n) is 4.26.